The van der Waals surface area contributed by atoms with Gasteiger partial charge in [-0.25, -0.2) is 4.79 Å². The molecule has 0 fully saturated rings. The van der Waals surface area contributed by atoms with Crippen molar-refractivity contribution in [1.82, 2.24) is 0 Å². The maximum Gasteiger partial charge on any atom is 0.335 e. The highest BCUT2D eigenvalue weighted by atomic mass is 16.5. The van der Waals surface area contributed by atoms with Crippen molar-refractivity contribution in [1.29, 1.82) is 0 Å². The lowest BCUT2D eigenvalue weighted by Gasteiger charge is -1.86. The van der Waals surface area contributed by atoms with E-state index in [1.807, 2.05) is 0 Å². The monoisotopic (exact) mass is 124 g/mol. The van der Waals surface area contributed by atoms with E-state index in [0.29, 0.717) is 0 Å². The Kier molecular flexibility index (Phi) is 4.14. The maximum atomic E-state index is 10.4. The van der Waals surface area contributed by atoms with Crippen LogP contribution >= 0.6 is 0 Å². The van der Waals surface area contributed by atoms with Gasteiger partial charge in [0.25, 0.3) is 0 Å². The Hall–Kier alpha value is -1.31. The Morgan fingerprint density at radius 1 is 1.44 bits per heavy atom. The van der Waals surface area contributed by atoms with Gasteiger partial charge in [0, 0.05) is 6.08 Å². The lowest BCUT2D eigenvalue weighted by atomic mass is 10.5. The Balaban J connectivity index is 3.61. The van der Waals surface area contributed by atoms with Gasteiger partial charge in [-0.3, -0.25) is 0 Å². The second-order valence-corrected chi connectivity index (χ2v) is 1.20. The van der Waals surface area contributed by atoms with Crippen molar-refractivity contribution >= 4 is 5.97 Å². The van der Waals surface area contributed by atoms with E-state index in [-0.39, 0.29) is 0 Å². The summed E-state index contributed by atoms with van der Waals surface area (Å²) in [6.45, 7) is 6.58. The summed E-state index contributed by atoms with van der Waals surface area (Å²) in [6, 6.07) is 0. The van der Waals surface area contributed by atoms with Crippen molar-refractivity contribution in [3.05, 3.63) is 37.6 Å². The fourth-order valence-corrected chi connectivity index (χ4v) is 0.268. The van der Waals surface area contributed by atoms with Crippen LogP contribution in [0.15, 0.2) is 37.6 Å². The van der Waals surface area contributed by atoms with Crippen molar-refractivity contribution in [2.24, 2.45) is 0 Å². The van der Waals surface area contributed by atoms with E-state index in [1.165, 1.54) is 18.2 Å². The summed E-state index contributed by atoms with van der Waals surface area (Å²) in [4.78, 5) is 10.4. The summed E-state index contributed by atoms with van der Waals surface area (Å²) in [6.07, 6.45) is 5.32. The number of allylic oxidation sites excluding steroid dienone is 2. The SMILES string of the molecule is C=C/C=C/C(=O)OC=C. The smallest absolute Gasteiger partial charge is 0.335 e. The Morgan fingerprint density at radius 3 is 2.56 bits per heavy atom. The molecule has 0 aromatic heterocycles. The number of ether oxygens (including phenoxy) is 1. The number of carbonyl (C=O) groups is 1. The molecule has 0 aliphatic carbocycles. The van der Waals surface area contributed by atoms with E-state index in [1.54, 1.807) is 0 Å². The van der Waals surface area contributed by atoms with Crippen LogP contribution < -0.4 is 0 Å². The van der Waals surface area contributed by atoms with E-state index in [9.17, 15) is 4.79 Å². The molecule has 0 N–H and O–H groups in total. The fraction of sp³-hybridized carbons (Fsp3) is 0. The summed E-state index contributed by atoms with van der Waals surface area (Å²) in [5.41, 5.74) is 0. The molecule has 0 saturated carbocycles. The molecule has 0 heterocycles. The maximum absolute atomic E-state index is 10.4. The van der Waals surface area contributed by atoms with Crippen molar-refractivity contribution in [3.8, 4) is 0 Å². The van der Waals surface area contributed by atoms with E-state index < -0.39 is 5.97 Å². The van der Waals surface area contributed by atoms with Gasteiger partial charge in [-0.05, 0) is 0 Å². The highest BCUT2D eigenvalue weighted by molar-refractivity contribution is 5.82. The van der Waals surface area contributed by atoms with E-state index in [4.69, 9.17) is 0 Å². The third kappa shape index (κ3) is 4.55. The van der Waals surface area contributed by atoms with Crippen LogP contribution in [0.1, 0.15) is 0 Å². The fourth-order valence-electron chi connectivity index (χ4n) is 0.268. The molecule has 9 heavy (non-hydrogen) atoms. The molecule has 0 radical (unpaired) electrons. The van der Waals surface area contributed by atoms with Gasteiger partial charge in [0.05, 0.1) is 6.26 Å². The topological polar surface area (TPSA) is 26.3 Å². The molecule has 2 nitrogen and oxygen atoms in total. The normalized spacial score (nSPS) is 8.89. The molecule has 0 spiro atoms. The third-order valence-corrected chi connectivity index (χ3v) is 0.568. The van der Waals surface area contributed by atoms with Crippen LogP contribution in [0, 0.1) is 0 Å². The number of carbonyl (C=O) groups excluding carboxylic acids is 1. The Morgan fingerprint density at radius 2 is 2.11 bits per heavy atom. The molecule has 0 bridgehead atoms. The van der Waals surface area contributed by atoms with Crippen molar-refractivity contribution in [2.75, 3.05) is 0 Å². The standard InChI is InChI=1S/C7H8O2/c1-3-5-6-7(8)9-4-2/h3-6H,1-2H2/b6-5+. The lowest BCUT2D eigenvalue weighted by Crippen LogP contribution is -1.91. The minimum Gasteiger partial charge on any atom is -0.432 e. The zero-order valence-corrected chi connectivity index (χ0v) is 5.04. The predicted octanol–water partition coefficient (Wildman–Crippen LogP) is 1.42. The Labute approximate surface area is 54.1 Å². The summed E-state index contributed by atoms with van der Waals surface area (Å²) < 4.78 is 4.33. The van der Waals surface area contributed by atoms with Gasteiger partial charge in [0.2, 0.25) is 0 Å². The van der Waals surface area contributed by atoms with Gasteiger partial charge in [0.15, 0.2) is 0 Å². The van der Waals surface area contributed by atoms with Gasteiger partial charge in [-0.2, -0.15) is 0 Å². The van der Waals surface area contributed by atoms with Gasteiger partial charge < -0.3 is 4.74 Å². The highest BCUT2D eigenvalue weighted by Gasteiger charge is 1.87. The van der Waals surface area contributed by atoms with E-state index in [2.05, 4.69) is 17.9 Å². The van der Waals surface area contributed by atoms with Crippen LogP contribution in [-0.2, 0) is 9.53 Å². The van der Waals surface area contributed by atoms with E-state index in [0.717, 1.165) is 6.26 Å². The summed E-state index contributed by atoms with van der Waals surface area (Å²) >= 11 is 0. The molecule has 0 aliphatic rings. The molecule has 0 atom stereocenters. The predicted molar refractivity (Wildman–Crippen MR) is 35.6 cm³/mol. The summed E-state index contributed by atoms with van der Waals surface area (Å²) in [5, 5.41) is 0. The average molecular weight is 124 g/mol. The van der Waals surface area contributed by atoms with Crippen LogP contribution in [0.4, 0.5) is 0 Å². The Bertz CT molecular complexity index is 145. The number of hydrogen-bond acceptors (Lipinski definition) is 2. The van der Waals surface area contributed by atoms with Crippen LogP contribution in [0.3, 0.4) is 0 Å². The molecule has 0 aromatic carbocycles. The molecule has 0 amide bonds. The summed E-state index contributed by atoms with van der Waals surface area (Å²) in [7, 11) is 0. The molecule has 0 saturated heterocycles. The van der Waals surface area contributed by atoms with Gasteiger partial charge >= 0.3 is 5.97 Å². The first kappa shape index (κ1) is 7.69. The second-order valence-electron chi connectivity index (χ2n) is 1.20. The van der Waals surface area contributed by atoms with Gasteiger partial charge in [-0.15, -0.1) is 0 Å². The largest absolute Gasteiger partial charge is 0.432 e. The molecular formula is C7H8O2. The number of hydrogen-bond donors (Lipinski definition) is 0. The quantitative estimate of drug-likeness (QED) is 0.246. The van der Waals surface area contributed by atoms with E-state index >= 15 is 0 Å². The molecule has 0 aliphatic heterocycles. The zero-order chi connectivity index (χ0) is 7.11. The minimum atomic E-state index is -0.440. The molecular weight excluding hydrogens is 116 g/mol. The third-order valence-electron chi connectivity index (χ3n) is 0.568. The van der Waals surface area contributed by atoms with Crippen LogP contribution in [-0.4, -0.2) is 5.97 Å². The van der Waals surface area contributed by atoms with Gasteiger partial charge in [-0.1, -0.05) is 25.3 Å². The molecule has 2 heteroatoms. The van der Waals surface area contributed by atoms with Crippen molar-refractivity contribution in [2.45, 2.75) is 0 Å². The van der Waals surface area contributed by atoms with Crippen LogP contribution in [0.5, 0.6) is 0 Å². The van der Waals surface area contributed by atoms with Gasteiger partial charge in [0.1, 0.15) is 0 Å². The van der Waals surface area contributed by atoms with Crippen molar-refractivity contribution < 1.29 is 9.53 Å². The average Bonchev–Trinajstić information content (AvgIpc) is 1.85. The van der Waals surface area contributed by atoms with Crippen molar-refractivity contribution in [3.63, 3.8) is 0 Å². The number of esters is 1. The molecule has 0 unspecified atom stereocenters. The molecule has 0 rings (SSSR count). The van der Waals surface area contributed by atoms with Crippen LogP contribution in [0.25, 0.3) is 0 Å². The molecule has 48 valence electrons. The second kappa shape index (κ2) is 4.84. The zero-order valence-electron chi connectivity index (χ0n) is 5.04. The minimum absolute atomic E-state index is 0.440. The first-order valence-electron chi connectivity index (χ1n) is 2.42. The van der Waals surface area contributed by atoms with Crippen LogP contribution in [0.2, 0.25) is 0 Å². The number of rotatable bonds is 3. The first-order chi connectivity index (χ1) is 4.31. The highest BCUT2D eigenvalue weighted by Crippen LogP contribution is 1.80. The summed E-state index contributed by atoms with van der Waals surface area (Å²) in [5.74, 6) is -0.440. The molecule has 0 aromatic rings. The lowest BCUT2D eigenvalue weighted by molar-refractivity contribution is -0.132. The first-order valence-corrected chi connectivity index (χ1v) is 2.42.